The molecule has 0 aliphatic heterocycles. The van der Waals surface area contributed by atoms with E-state index in [4.69, 9.17) is 4.74 Å². The summed E-state index contributed by atoms with van der Waals surface area (Å²) >= 11 is 0. The van der Waals surface area contributed by atoms with E-state index in [-0.39, 0.29) is 12.5 Å². The summed E-state index contributed by atoms with van der Waals surface area (Å²) in [6.07, 6.45) is 6.69. The predicted octanol–water partition coefficient (Wildman–Crippen LogP) is 0.721. The fourth-order valence-corrected chi connectivity index (χ4v) is 2.10. The van der Waals surface area contributed by atoms with Gasteiger partial charge in [-0.3, -0.25) is 14.2 Å². The first-order valence-corrected chi connectivity index (χ1v) is 6.83. The van der Waals surface area contributed by atoms with Gasteiger partial charge in [-0.05, 0) is 12.1 Å². The van der Waals surface area contributed by atoms with Gasteiger partial charge < -0.3 is 10.1 Å². The van der Waals surface area contributed by atoms with Gasteiger partial charge in [-0.2, -0.15) is 5.10 Å². The van der Waals surface area contributed by atoms with Crippen LogP contribution in [0.2, 0.25) is 0 Å². The van der Waals surface area contributed by atoms with Crippen LogP contribution in [-0.2, 0) is 18.4 Å². The lowest BCUT2D eigenvalue weighted by atomic mass is 10.1. The summed E-state index contributed by atoms with van der Waals surface area (Å²) < 4.78 is 8.27. The summed E-state index contributed by atoms with van der Waals surface area (Å²) in [4.78, 5) is 16.1. The lowest BCUT2D eigenvalue weighted by Gasteiger charge is -2.04. The molecule has 1 amide bonds. The monoisotopic (exact) mass is 313 g/mol. The number of rotatable bonds is 5. The molecule has 0 saturated heterocycles. The smallest absolute Gasteiger partial charge is 0.247 e. The van der Waals surface area contributed by atoms with Crippen LogP contribution in [0.25, 0.3) is 11.1 Å². The number of aryl methyl sites for hydroxylation is 1. The van der Waals surface area contributed by atoms with Crippen LogP contribution in [0.1, 0.15) is 0 Å². The molecule has 9 heteroatoms. The molecule has 0 unspecified atom stereocenters. The molecule has 0 radical (unpaired) electrons. The first-order valence-electron chi connectivity index (χ1n) is 6.83. The minimum absolute atomic E-state index is 0.0686. The van der Waals surface area contributed by atoms with Crippen molar-refractivity contribution in [3.8, 4) is 17.0 Å². The quantitative estimate of drug-likeness (QED) is 0.745. The van der Waals surface area contributed by atoms with Gasteiger partial charge in [0, 0.05) is 30.6 Å². The number of nitrogens with zero attached hydrogens (tertiary/aromatic N) is 6. The van der Waals surface area contributed by atoms with Crippen molar-refractivity contribution in [1.29, 1.82) is 0 Å². The third-order valence-electron chi connectivity index (χ3n) is 3.08. The van der Waals surface area contributed by atoms with Gasteiger partial charge in [0.05, 0.1) is 19.5 Å². The van der Waals surface area contributed by atoms with E-state index in [0.29, 0.717) is 11.7 Å². The SMILES string of the molecule is COc1ncccc1-c1cnn(CC(=O)Nc2cn(C)nn2)c1. The van der Waals surface area contributed by atoms with Gasteiger partial charge in [0.2, 0.25) is 11.8 Å². The molecule has 0 atom stereocenters. The number of hydrogen-bond donors (Lipinski definition) is 1. The third kappa shape index (κ3) is 3.34. The zero-order valence-corrected chi connectivity index (χ0v) is 12.7. The maximum absolute atomic E-state index is 12.0. The summed E-state index contributed by atoms with van der Waals surface area (Å²) in [5.74, 6) is 0.674. The second-order valence-electron chi connectivity index (χ2n) is 4.81. The molecular formula is C14H15N7O2. The molecule has 0 saturated carbocycles. The van der Waals surface area contributed by atoms with Gasteiger partial charge in [0.15, 0.2) is 5.82 Å². The number of nitrogens with one attached hydrogen (secondary N) is 1. The number of pyridine rings is 1. The van der Waals surface area contributed by atoms with Crippen LogP contribution in [0, 0.1) is 0 Å². The second kappa shape index (κ2) is 6.26. The molecule has 3 aromatic heterocycles. The van der Waals surface area contributed by atoms with Crippen molar-refractivity contribution < 1.29 is 9.53 Å². The van der Waals surface area contributed by atoms with Crippen LogP contribution in [-0.4, -0.2) is 42.8 Å². The Kier molecular flexibility index (Phi) is 4.00. The molecule has 0 spiro atoms. The highest BCUT2D eigenvalue weighted by Crippen LogP contribution is 2.26. The number of methoxy groups -OCH3 is 1. The number of hydrogen-bond acceptors (Lipinski definition) is 6. The van der Waals surface area contributed by atoms with Gasteiger partial charge in [0.1, 0.15) is 6.54 Å². The second-order valence-corrected chi connectivity index (χ2v) is 4.81. The van der Waals surface area contributed by atoms with Crippen LogP contribution >= 0.6 is 0 Å². The fraction of sp³-hybridized carbons (Fsp3) is 0.214. The van der Waals surface area contributed by atoms with E-state index in [1.165, 1.54) is 9.36 Å². The Labute approximate surface area is 131 Å². The Bertz CT molecular complexity index is 824. The Hall–Kier alpha value is -3.23. The molecule has 23 heavy (non-hydrogen) atoms. The summed E-state index contributed by atoms with van der Waals surface area (Å²) in [5.41, 5.74) is 1.64. The van der Waals surface area contributed by atoms with E-state index in [0.717, 1.165) is 11.1 Å². The van der Waals surface area contributed by atoms with Gasteiger partial charge in [-0.1, -0.05) is 5.21 Å². The largest absolute Gasteiger partial charge is 0.481 e. The summed E-state index contributed by atoms with van der Waals surface area (Å²) in [5, 5.41) is 14.4. The average molecular weight is 313 g/mol. The van der Waals surface area contributed by atoms with Crippen LogP contribution in [0.3, 0.4) is 0 Å². The molecule has 0 aromatic carbocycles. The lowest BCUT2D eigenvalue weighted by Crippen LogP contribution is -2.19. The Balaban J connectivity index is 1.71. The van der Waals surface area contributed by atoms with E-state index in [9.17, 15) is 4.79 Å². The van der Waals surface area contributed by atoms with E-state index in [2.05, 4.69) is 25.7 Å². The highest BCUT2D eigenvalue weighted by molar-refractivity contribution is 5.89. The standard InChI is InChI=1S/C14H15N7O2/c1-20-8-12(18-19-20)17-13(22)9-21-7-10(6-16-21)11-4-3-5-15-14(11)23-2/h3-8H,9H2,1-2H3,(H,17,22). The van der Waals surface area contributed by atoms with Crippen LogP contribution in [0.5, 0.6) is 5.88 Å². The summed E-state index contributed by atoms with van der Waals surface area (Å²) in [7, 11) is 3.29. The molecule has 0 fully saturated rings. The van der Waals surface area contributed by atoms with Crippen molar-refractivity contribution in [3.05, 3.63) is 36.9 Å². The lowest BCUT2D eigenvalue weighted by molar-refractivity contribution is -0.116. The zero-order chi connectivity index (χ0) is 16.2. The first-order chi connectivity index (χ1) is 11.2. The summed E-state index contributed by atoms with van der Waals surface area (Å²) in [6, 6.07) is 3.70. The number of aromatic nitrogens is 6. The Morgan fingerprint density at radius 3 is 3.00 bits per heavy atom. The number of ether oxygens (including phenoxy) is 1. The molecule has 0 aliphatic carbocycles. The van der Waals surface area contributed by atoms with E-state index in [1.807, 2.05) is 12.1 Å². The van der Waals surface area contributed by atoms with Crippen LogP contribution in [0.15, 0.2) is 36.9 Å². The fourth-order valence-electron chi connectivity index (χ4n) is 2.10. The molecule has 0 bridgehead atoms. The number of amides is 1. The molecule has 118 valence electrons. The third-order valence-corrected chi connectivity index (χ3v) is 3.08. The summed E-state index contributed by atoms with van der Waals surface area (Å²) in [6.45, 7) is 0.0686. The van der Waals surface area contributed by atoms with Gasteiger partial charge in [-0.25, -0.2) is 4.98 Å². The molecule has 1 N–H and O–H groups in total. The first kappa shape index (κ1) is 14.7. The van der Waals surface area contributed by atoms with Crippen molar-refractivity contribution in [1.82, 2.24) is 29.8 Å². The molecule has 9 nitrogen and oxygen atoms in total. The van der Waals surface area contributed by atoms with Gasteiger partial charge >= 0.3 is 0 Å². The number of carbonyl (C=O) groups excluding carboxylic acids is 1. The minimum Gasteiger partial charge on any atom is -0.481 e. The topological polar surface area (TPSA) is 99.8 Å². The molecule has 3 rings (SSSR count). The number of anilines is 1. The normalized spacial score (nSPS) is 10.5. The van der Waals surface area contributed by atoms with Gasteiger partial charge in [-0.15, -0.1) is 5.10 Å². The van der Waals surface area contributed by atoms with Crippen molar-refractivity contribution in [2.24, 2.45) is 7.05 Å². The average Bonchev–Trinajstić information content (AvgIpc) is 3.16. The van der Waals surface area contributed by atoms with Crippen LogP contribution < -0.4 is 10.1 Å². The predicted molar refractivity (Wildman–Crippen MR) is 81.6 cm³/mol. The zero-order valence-electron chi connectivity index (χ0n) is 12.7. The van der Waals surface area contributed by atoms with Crippen molar-refractivity contribution in [2.75, 3.05) is 12.4 Å². The molecule has 0 aliphatic rings. The Morgan fingerprint density at radius 1 is 1.39 bits per heavy atom. The maximum atomic E-state index is 12.0. The maximum Gasteiger partial charge on any atom is 0.247 e. The molecule has 3 aromatic rings. The van der Waals surface area contributed by atoms with Crippen molar-refractivity contribution in [2.45, 2.75) is 6.54 Å². The van der Waals surface area contributed by atoms with Crippen LogP contribution in [0.4, 0.5) is 5.82 Å². The van der Waals surface area contributed by atoms with E-state index >= 15 is 0 Å². The van der Waals surface area contributed by atoms with Crippen molar-refractivity contribution >= 4 is 11.7 Å². The highest BCUT2D eigenvalue weighted by Gasteiger charge is 2.11. The van der Waals surface area contributed by atoms with E-state index < -0.39 is 0 Å². The highest BCUT2D eigenvalue weighted by atomic mass is 16.5. The minimum atomic E-state index is -0.238. The Morgan fingerprint density at radius 2 is 2.26 bits per heavy atom. The van der Waals surface area contributed by atoms with Crippen molar-refractivity contribution in [3.63, 3.8) is 0 Å². The van der Waals surface area contributed by atoms with E-state index in [1.54, 1.807) is 38.9 Å². The molecular weight excluding hydrogens is 298 g/mol. The number of carbonyl (C=O) groups is 1. The molecule has 3 heterocycles. The van der Waals surface area contributed by atoms with Gasteiger partial charge in [0.25, 0.3) is 0 Å².